The first-order valence-corrected chi connectivity index (χ1v) is 4.61. The van der Waals surface area contributed by atoms with E-state index in [1.807, 2.05) is 6.92 Å². The molecule has 4 heteroatoms. The number of halogens is 1. The Morgan fingerprint density at radius 2 is 2.36 bits per heavy atom. The number of fused-ring (bicyclic) bond motifs is 1. The highest BCUT2D eigenvalue weighted by Crippen LogP contribution is 2.17. The molecule has 74 valence electrons. The summed E-state index contributed by atoms with van der Waals surface area (Å²) in [6.45, 7) is 1.98. The van der Waals surface area contributed by atoms with Crippen LogP contribution in [0.15, 0.2) is 18.2 Å². The highest BCUT2D eigenvalue weighted by atomic mass is 19.1. The maximum atomic E-state index is 12.8. The predicted molar refractivity (Wildman–Crippen MR) is 53.3 cm³/mol. The topological polar surface area (TPSA) is 54.7 Å². The van der Waals surface area contributed by atoms with Crippen LogP contribution in [0.1, 0.15) is 25.2 Å². The summed E-state index contributed by atoms with van der Waals surface area (Å²) in [5.74, 6) is 0.450. The van der Waals surface area contributed by atoms with Crippen molar-refractivity contribution >= 4 is 11.0 Å². The van der Waals surface area contributed by atoms with Crippen LogP contribution in [0.3, 0.4) is 0 Å². The number of nitrogens with one attached hydrogen (secondary N) is 1. The molecule has 3 N–H and O–H groups in total. The van der Waals surface area contributed by atoms with Crippen molar-refractivity contribution < 1.29 is 4.39 Å². The van der Waals surface area contributed by atoms with Gasteiger partial charge in [-0.3, -0.25) is 0 Å². The predicted octanol–water partition coefficient (Wildman–Crippen LogP) is 2.11. The average molecular weight is 193 g/mol. The second-order valence-corrected chi connectivity index (χ2v) is 3.30. The second kappa shape index (κ2) is 3.38. The Kier molecular flexibility index (Phi) is 2.21. The van der Waals surface area contributed by atoms with Gasteiger partial charge in [-0.2, -0.15) is 0 Å². The molecule has 0 saturated heterocycles. The van der Waals surface area contributed by atoms with Gasteiger partial charge in [-0.25, -0.2) is 9.37 Å². The van der Waals surface area contributed by atoms with E-state index in [1.54, 1.807) is 6.07 Å². The van der Waals surface area contributed by atoms with Crippen molar-refractivity contribution in [1.82, 2.24) is 9.97 Å². The lowest BCUT2D eigenvalue weighted by molar-refractivity contribution is 0.629. The summed E-state index contributed by atoms with van der Waals surface area (Å²) in [5.41, 5.74) is 7.26. The largest absolute Gasteiger partial charge is 0.341 e. The summed E-state index contributed by atoms with van der Waals surface area (Å²) < 4.78 is 12.8. The van der Waals surface area contributed by atoms with E-state index in [0.29, 0.717) is 11.3 Å². The maximum absolute atomic E-state index is 12.8. The van der Waals surface area contributed by atoms with Gasteiger partial charge in [-0.15, -0.1) is 0 Å². The van der Waals surface area contributed by atoms with Gasteiger partial charge in [-0.05, 0) is 24.6 Å². The number of hydrogen-bond donors (Lipinski definition) is 2. The van der Waals surface area contributed by atoms with Crippen molar-refractivity contribution in [2.24, 2.45) is 5.73 Å². The molecule has 3 nitrogen and oxygen atoms in total. The quantitative estimate of drug-likeness (QED) is 0.767. The number of aromatic nitrogens is 2. The van der Waals surface area contributed by atoms with E-state index in [2.05, 4.69) is 9.97 Å². The second-order valence-electron chi connectivity index (χ2n) is 3.30. The van der Waals surface area contributed by atoms with Crippen LogP contribution in [0.25, 0.3) is 11.0 Å². The highest BCUT2D eigenvalue weighted by molar-refractivity contribution is 5.75. The fourth-order valence-electron chi connectivity index (χ4n) is 1.37. The van der Waals surface area contributed by atoms with Gasteiger partial charge < -0.3 is 10.7 Å². The number of hydrogen-bond acceptors (Lipinski definition) is 2. The molecule has 0 spiro atoms. The minimum atomic E-state index is -0.266. The van der Waals surface area contributed by atoms with E-state index >= 15 is 0 Å². The van der Waals surface area contributed by atoms with Crippen molar-refractivity contribution in [2.45, 2.75) is 19.4 Å². The molecule has 1 aromatic carbocycles. The number of benzene rings is 1. The third kappa shape index (κ3) is 1.48. The van der Waals surface area contributed by atoms with Gasteiger partial charge >= 0.3 is 0 Å². The molecule has 0 aliphatic carbocycles. The molecule has 0 amide bonds. The Morgan fingerprint density at radius 1 is 1.57 bits per heavy atom. The molecule has 0 radical (unpaired) electrons. The van der Waals surface area contributed by atoms with Crippen LogP contribution in [-0.2, 0) is 0 Å². The third-order valence-corrected chi connectivity index (χ3v) is 2.25. The SMILES string of the molecule is CCC(N)c1nc2ccc(F)cc2[nH]1. The van der Waals surface area contributed by atoms with E-state index in [9.17, 15) is 4.39 Å². The molecule has 2 rings (SSSR count). The molecule has 0 aliphatic rings. The Labute approximate surface area is 81.1 Å². The zero-order chi connectivity index (χ0) is 10.1. The third-order valence-electron chi connectivity index (χ3n) is 2.25. The number of aromatic amines is 1. The van der Waals surface area contributed by atoms with E-state index in [1.165, 1.54) is 12.1 Å². The maximum Gasteiger partial charge on any atom is 0.125 e. The molecule has 0 saturated carbocycles. The van der Waals surface area contributed by atoms with Gasteiger partial charge in [0.25, 0.3) is 0 Å². The molecule has 14 heavy (non-hydrogen) atoms. The lowest BCUT2D eigenvalue weighted by atomic mass is 10.2. The van der Waals surface area contributed by atoms with E-state index < -0.39 is 0 Å². The molecule has 1 atom stereocenters. The Bertz CT molecular complexity index is 450. The minimum absolute atomic E-state index is 0.106. The fourth-order valence-corrected chi connectivity index (χ4v) is 1.37. The van der Waals surface area contributed by atoms with Crippen LogP contribution in [0.4, 0.5) is 4.39 Å². The van der Waals surface area contributed by atoms with Crippen LogP contribution < -0.4 is 5.73 Å². The average Bonchev–Trinajstić information content (AvgIpc) is 2.59. The number of nitrogens with two attached hydrogens (primary N) is 1. The lowest BCUT2D eigenvalue weighted by Crippen LogP contribution is -2.10. The standard InChI is InChI=1S/C10H12FN3/c1-2-7(12)10-13-8-4-3-6(11)5-9(8)14-10/h3-5,7H,2,12H2,1H3,(H,13,14). The smallest absolute Gasteiger partial charge is 0.125 e. The zero-order valence-electron chi connectivity index (χ0n) is 7.92. The van der Waals surface area contributed by atoms with E-state index in [4.69, 9.17) is 5.73 Å². The van der Waals surface area contributed by atoms with Gasteiger partial charge in [0, 0.05) is 0 Å². The normalized spacial score (nSPS) is 13.4. The van der Waals surface area contributed by atoms with Crippen LogP contribution >= 0.6 is 0 Å². The van der Waals surface area contributed by atoms with Crippen LogP contribution in [0.5, 0.6) is 0 Å². The van der Waals surface area contributed by atoms with Crippen molar-refractivity contribution in [3.8, 4) is 0 Å². The fraction of sp³-hybridized carbons (Fsp3) is 0.300. The molecule has 0 aliphatic heterocycles. The zero-order valence-corrected chi connectivity index (χ0v) is 7.92. The molecule has 1 aromatic heterocycles. The first kappa shape index (κ1) is 9.15. The summed E-state index contributed by atoms with van der Waals surface area (Å²) in [5, 5.41) is 0. The van der Waals surface area contributed by atoms with Crippen molar-refractivity contribution in [3.63, 3.8) is 0 Å². The van der Waals surface area contributed by atoms with Crippen LogP contribution in [0.2, 0.25) is 0 Å². The van der Waals surface area contributed by atoms with Gasteiger partial charge in [0.2, 0.25) is 0 Å². The van der Waals surface area contributed by atoms with Gasteiger partial charge in [-0.1, -0.05) is 6.92 Å². The van der Waals surface area contributed by atoms with E-state index in [-0.39, 0.29) is 11.9 Å². The molecule has 0 bridgehead atoms. The summed E-state index contributed by atoms with van der Waals surface area (Å²) in [7, 11) is 0. The molecule has 1 unspecified atom stereocenters. The van der Waals surface area contributed by atoms with Crippen molar-refractivity contribution in [1.29, 1.82) is 0 Å². The monoisotopic (exact) mass is 193 g/mol. The Balaban J connectivity index is 2.51. The number of imidazole rings is 1. The Morgan fingerprint density at radius 3 is 3.07 bits per heavy atom. The number of rotatable bonds is 2. The van der Waals surface area contributed by atoms with Gasteiger partial charge in [0.1, 0.15) is 11.6 Å². The molecular weight excluding hydrogens is 181 g/mol. The van der Waals surface area contributed by atoms with Crippen LogP contribution in [-0.4, -0.2) is 9.97 Å². The number of nitrogens with zero attached hydrogens (tertiary/aromatic N) is 1. The summed E-state index contributed by atoms with van der Waals surface area (Å²) >= 11 is 0. The number of H-pyrrole nitrogens is 1. The lowest BCUT2D eigenvalue weighted by Gasteiger charge is -2.02. The van der Waals surface area contributed by atoms with E-state index in [0.717, 1.165) is 11.9 Å². The van der Waals surface area contributed by atoms with Crippen LogP contribution in [0, 0.1) is 5.82 Å². The first-order valence-electron chi connectivity index (χ1n) is 4.61. The van der Waals surface area contributed by atoms with Gasteiger partial charge in [0.05, 0.1) is 17.1 Å². The summed E-state index contributed by atoms with van der Waals surface area (Å²) in [4.78, 5) is 7.29. The van der Waals surface area contributed by atoms with Crippen molar-refractivity contribution in [2.75, 3.05) is 0 Å². The minimum Gasteiger partial charge on any atom is -0.341 e. The molecule has 1 heterocycles. The molecule has 0 fully saturated rings. The summed E-state index contributed by atoms with van der Waals surface area (Å²) in [6.07, 6.45) is 0.808. The van der Waals surface area contributed by atoms with Gasteiger partial charge in [0.15, 0.2) is 0 Å². The molecular formula is C10H12FN3. The summed E-state index contributed by atoms with van der Waals surface area (Å²) in [6, 6.07) is 4.36. The molecule has 2 aromatic rings. The first-order chi connectivity index (χ1) is 6.70. The highest BCUT2D eigenvalue weighted by Gasteiger charge is 2.09. The Hall–Kier alpha value is -1.42. The van der Waals surface area contributed by atoms with Crippen molar-refractivity contribution in [3.05, 3.63) is 29.8 Å².